The highest BCUT2D eigenvalue weighted by atomic mass is 16.6. The normalized spacial score (nSPS) is 16.9. The number of hydrogen-bond donors (Lipinski definition) is 1. The van der Waals surface area contributed by atoms with E-state index in [4.69, 9.17) is 4.74 Å². The van der Waals surface area contributed by atoms with Crippen molar-refractivity contribution in [3.63, 3.8) is 0 Å². The topological polar surface area (TPSA) is 44.8 Å². The predicted molar refractivity (Wildman–Crippen MR) is 77.4 cm³/mol. The second-order valence-corrected chi connectivity index (χ2v) is 4.94. The van der Waals surface area contributed by atoms with Gasteiger partial charge in [-0.25, -0.2) is 4.79 Å². The van der Waals surface area contributed by atoms with E-state index < -0.39 is 0 Å². The first kappa shape index (κ1) is 16.2. The number of hydrogen-bond acceptors (Lipinski definition) is 4. The van der Waals surface area contributed by atoms with Crippen molar-refractivity contribution < 1.29 is 9.53 Å². The summed E-state index contributed by atoms with van der Waals surface area (Å²) >= 11 is 0. The highest BCUT2D eigenvalue weighted by molar-refractivity contribution is 5.67. The molecule has 0 radical (unpaired) electrons. The van der Waals surface area contributed by atoms with Crippen LogP contribution < -0.4 is 5.32 Å². The number of nitrogens with zero attached hydrogens (tertiary/aromatic N) is 2. The van der Waals surface area contributed by atoms with Crippen molar-refractivity contribution in [1.29, 1.82) is 0 Å². The largest absolute Gasteiger partial charge is 0.450 e. The molecule has 1 saturated heterocycles. The Bertz CT molecular complexity index is 249. The van der Waals surface area contributed by atoms with Crippen molar-refractivity contribution in [1.82, 2.24) is 15.1 Å². The quantitative estimate of drug-likeness (QED) is 0.763. The number of carbonyl (C=O) groups is 1. The van der Waals surface area contributed by atoms with Crippen LogP contribution in [-0.4, -0.2) is 67.8 Å². The van der Waals surface area contributed by atoms with Crippen molar-refractivity contribution in [2.24, 2.45) is 0 Å². The van der Waals surface area contributed by atoms with E-state index in [2.05, 4.69) is 24.1 Å². The van der Waals surface area contributed by atoms with Crippen LogP contribution in [0, 0.1) is 0 Å². The zero-order chi connectivity index (χ0) is 14.1. The van der Waals surface area contributed by atoms with Gasteiger partial charge in [-0.2, -0.15) is 0 Å². The summed E-state index contributed by atoms with van der Waals surface area (Å²) in [5, 5.41) is 3.59. The Morgan fingerprint density at radius 1 is 1.26 bits per heavy atom. The van der Waals surface area contributed by atoms with E-state index >= 15 is 0 Å². The van der Waals surface area contributed by atoms with Gasteiger partial charge in [0.15, 0.2) is 0 Å². The molecule has 0 spiro atoms. The summed E-state index contributed by atoms with van der Waals surface area (Å²) in [5.74, 6) is 0. The Morgan fingerprint density at radius 2 is 1.89 bits per heavy atom. The third-order valence-electron chi connectivity index (χ3n) is 3.78. The molecule has 19 heavy (non-hydrogen) atoms. The highest BCUT2D eigenvalue weighted by Gasteiger charge is 2.22. The summed E-state index contributed by atoms with van der Waals surface area (Å²) in [4.78, 5) is 15.8. The Kier molecular flexibility index (Phi) is 7.82. The standard InChI is InChI=1S/C14H29N3O2/c1-4-16(5-2)12-9-15-13-7-10-17(11-8-13)14(18)19-6-3/h13,15H,4-12H2,1-3H3. The van der Waals surface area contributed by atoms with Crippen LogP contribution in [0.1, 0.15) is 33.6 Å². The van der Waals surface area contributed by atoms with Crippen molar-refractivity contribution in [3.05, 3.63) is 0 Å². The molecule has 5 nitrogen and oxygen atoms in total. The number of likely N-dealkylation sites (tertiary alicyclic amines) is 1. The average Bonchev–Trinajstić information content (AvgIpc) is 2.44. The lowest BCUT2D eigenvalue weighted by Gasteiger charge is -2.32. The number of nitrogens with one attached hydrogen (secondary N) is 1. The minimum Gasteiger partial charge on any atom is -0.450 e. The highest BCUT2D eigenvalue weighted by Crippen LogP contribution is 2.11. The van der Waals surface area contributed by atoms with Crippen molar-refractivity contribution in [3.8, 4) is 0 Å². The fraction of sp³-hybridized carbons (Fsp3) is 0.929. The molecule has 1 fully saturated rings. The Morgan fingerprint density at radius 3 is 2.42 bits per heavy atom. The van der Waals surface area contributed by atoms with Gasteiger partial charge in [-0.05, 0) is 32.9 Å². The molecule has 0 atom stereocenters. The molecule has 0 aromatic heterocycles. The lowest BCUT2D eigenvalue weighted by atomic mass is 10.1. The molecule has 1 aliphatic heterocycles. The van der Waals surface area contributed by atoms with E-state index in [0.717, 1.165) is 52.1 Å². The monoisotopic (exact) mass is 271 g/mol. The first-order chi connectivity index (χ1) is 9.21. The number of piperidine rings is 1. The van der Waals surface area contributed by atoms with Crippen LogP contribution in [0.2, 0.25) is 0 Å². The third-order valence-corrected chi connectivity index (χ3v) is 3.78. The number of rotatable bonds is 7. The molecule has 0 saturated carbocycles. The third kappa shape index (κ3) is 5.78. The molecule has 1 N–H and O–H groups in total. The zero-order valence-electron chi connectivity index (χ0n) is 12.7. The Labute approximate surface area is 117 Å². The summed E-state index contributed by atoms with van der Waals surface area (Å²) in [6, 6.07) is 0.543. The molecular weight excluding hydrogens is 242 g/mol. The van der Waals surface area contributed by atoms with Gasteiger partial charge in [-0.3, -0.25) is 0 Å². The number of likely N-dealkylation sites (N-methyl/N-ethyl adjacent to an activating group) is 1. The van der Waals surface area contributed by atoms with Crippen molar-refractivity contribution >= 4 is 6.09 Å². The molecule has 1 amide bonds. The van der Waals surface area contributed by atoms with Crippen LogP contribution in [0.5, 0.6) is 0 Å². The minimum absolute atomic E-state index is 0.163. The summed E-state index contributed by atoms with van der Waals surface area (Å²) in [5.41, 5.74) is 0. The second-order valence-electron chi connectivity index (χ2n) is 4.94. The van der Waals surface area contributed by atoms with Gasteiger partial charge < -0.3 is 19.9 Å². The van der Waals surface area contributed by atoms with E-state index in [0.29, 0.717) is 12.6 Å². The van der Waals surface area contributed by atoms with Crippen LogP contribution in [0.25, 0.3) is 0 Å². The van der Waals surface area contributed by atoms with Gasteiger partial charge in [0, 0.05) is 32.2 Å². The number of amides is 1. The molecule has 0 bridgehead atoms. The first-order valence-corrected chi connectivity index (χ1v) is 7.58. The lowest BCUT2D eigenvalue weighted by molar-refractivity contribution is 0.0949. The van der Waals surface area contributed by atoms with E-state index in [-0.39, 0.29) is 6.09 Å². The van der Waals surface area contributed by atoms with Crippen LogP contribution in [0.15, 0.2) is 0 Å². The van der Waals surface area contributed by atoms with Crippen LogP contribution >= 0.6 is 0 Å². The summed E-state index contributed by atoms with van der Waals surface area (Å²) in [6.45, 7) is 12.7. The molecule has 0 aromatic carbocycles. The van der Waals surface area contributed by atoms with E-state index in [1.807, 2.05) is 11.8 Å². The Balaban J connectivity index is 2.14. The minimum atomic E-state index is -0.163. The predicted octanol–water partition coefficient (Wildman–Crippen LogP) is 1.54. The maximum Gasteiger partial charge on any atom is 0.409 e. The molecule has 112 valence electrons. The van der Waals surface area contributed by atoms with Gasteiger partial charge in [0.05, 0.1) is 6.61 Å². The van der Waals surface area contributed by atoms with Crippen LogP contribution in [0.3, 0.4) is 0 Å². The van der Waals surface area contributed by atoms with Gasteiger partial charge in [-0.15, -0.1) is 0 Å². The molecule has 1 aliphatic rings. The van der Waals surface area contributed by atoms with Gasteiger partial charge in [-0.1, -0.05) is 13.8 Å². The molecule has 0 unspecified atom stereocenters. The van der Waals surface area contributed by atoms with Gasteiger partial charge in [0.1, 0.15) is 0 Å². The molecule has 0 aromatic rings. The maximum atomic E-state index is 11.6. The van der Waals surface area contributed by atoms with Crippen molar-refractivity contribution in [2.75, 3.05) is 45.9 Å². The summed E-state index contributed by atoms with van der Waals surface area (Å²) in [6.07, 6.45) is 1.89. The summed E-state index contributed by atoms with van der Waals surface area (Å²) < 4.78 is 5.02. The van der Waals surface area contributed by atoms with Gasteiger partial charge >= 0.3 is 6.09 Å². The smallest absolute Gasteiger partial charge is 0.409 e. The fourth-order valence-corrected chi connectivity index (χ4v) is 2.45. The number of carbonyl (C=O) groups excluding carboxylic acids is 1. The van der Waals surface area contributed by atoms with E-state index in [1.54, 1.807) is 0 Å². The molecule has 0 aliphatic carbocycles. The fourth-order valence-electron chi connectivity index (χ4n) is 2.45. The average molecular weight is 271 g/mol. The van der Waals surface area contributed by atoms with Crippen LogP contribution in [-0.2, 0) is 4.74 Å². The molecule has 1 heterocycles. The summed E-state index contributed by atoms with van der Waals surface area (Å²) in [7, 11) is 0. The molecule has 5 heteroatoms. The molecule has 1 rings (SSSR count). The first-order valence-electron chi connectivity index (χ1n) is 7.58. The SMILES string of the molecule is CCOC(=O)N1CCC(NCCN(CC)CC)CC1. The lowest BCUT2D eigenvalue weighted by Crippen LogP contribution is -2.46. The zero-order valence-corrected chi connectivity index (χ0v) is 12.7. The maximum absolute atomic E-state index is 11.6. The van der Waals surface area contributed by atoms with Crippen molar-refractivity contribution in [2.45, 2.75) is 39.7 Å². The van der Waals surface area contributed by atoms with E-state index in [1.165, 1.54) is 0 Å². The second kappa shape index (κ2) is 9.15. The van der Waals surface area contributed by atoms with E-state index in [9.17, 15) is 4.79 Å². The van der Waals surface area contributed by atoms with Crippen LogP contribution in [0.4, 0.5) is 4.79 Å². The van der Waals surface area contributed by atoms with Gasteiger partial charge in [0.25, 0.3) is 0 Å². The molecular formula is C14H29N3O2. The number of ether oxygens (including phenoxy) is 1. The Hall–Kier alpha value is -0.810. The van der Waals surface area contributed by atoms with Gasteiger partial charge in [0.2, 0.25) is 0 Å².